The van der Waals surface area contributed by atoms with Gasteiger partial charge in [0.1, 0.15) is 0 Å². The van der Waals surface area contributed by atoms with E-state index in [2.05, 4.69) is 0 Å². The van der Waals surface area contributed by atoms with Gasteiger partial charge in [-0.2, -0.15) is 0 Å². The second kappa shape index (κ2) is 4.00. The Bertz CT molecular complexity index is 349. The molecule has 0 saturated heterocycles. The van der Waals surface area contributed by atoms with Crippen LogP contribution in [0.1, 0.15) is 5.56 Å². The van der Waals surface area contributed by atoms with Gasteiger partial charge in [0.15, 0.2) is 0 Å². The standard InChI is InChI=1S/C10H15N3O/c1-7-3-4-8(11)5-9(7)13(2)6-10(12)14/h3-5H,6,11H2,1-2H3,(H2,12,14). The first-order valence-electron chi connectivity index (χ1n) is 4.36. The second-order valence-electron chi connectivity index (χ2n) is 3.37. The number of hydrogen-bond donors (Lipinski definition) is 2. The van der Waals surface area contributed by atoms with Gasteiger partial charge in [0.25, 0.3) is 0 Å². The van der Waals surface area contributed by atoms with Crippen molar-refractivity contribution in [2.45, 2.75) is 6.92 Å². The van der Waals surface area contributed by atoms with Crippen molar-refractivity contribution in [3.63, 3.8) is 0 Å². The van der Waals surface area contributed by atoms with Crippen LogP contribution in [0.25, 0.3) is 0 Å². The fraction of sp³-hybridized carbons (Fsp3) is 0.300. The lowest BCUT2D eigenvalue weighted by Crippen LogP contribution is -2.30. The molecule has 0 fully saturated rings. The molecule has 1 aromatic rings. The summed E-state index contributed by atoms with van der Waals surface area (Å²) in [5, 5.41) is 0. The molecule has 0 aromatic heterocycles. The van der Waals surface area contributed by atoms with Crippen LogP contribution in [0.2, 0.25) is 0 Å². The summed E-state index contributed by atoms with van der Waals surface area (Å²) in [5.74, 6) is -0.352. The summed E-state index contributed by atoms with van der Waals surface area (Å²) in [7, 11) is 1.81. The van der Waals surface area contributed by atoms with Crippen molar-refractivity contribution >= 4 is 17.3 Å². The van der Waals surface area contributed by atoms with Gasteiger partial charge in [-0.15, -0.1) is 0 Å². The summed E-state index contributed by atoms with van der Waals surface area (Å²) in [4.78, 5) is 12.5. The van der Waals surface area contributed by atoms with E-state index in [0.717, 1.165) is 11.3 Å². The minimum absolute atomic E-state index is 0.199. The molecule has 0 aliphatic carbocycles. The van der Waals surface area contributed by atoms with Crippen LogP contribution >= 0.6 is 0 Å². The summed E-state index contributed by atoms with van der Waals surface area (Å²) in [5.41, 5.74) is 13.4. The molecular formula is C10H15N3O. The zero-order valence-corrected chi connectivity index (χ0v) is 8.45. The van der Waals surface area contributed by atoms with Gasteiger partial charge in [0.05, 0.1) is 6.54 Å². The average molecular weight is 193 g/mol. The number of nitrogens with zero attached hydrogens (tertiary/aromatic N) is 1. The molecule has 1 amide bonds. The summed E-state index contributed by atoms with van der Waals surface area (Å²) in [6, 6.07) is 5.58. The first-order chi connectivity index (χ1) is 6.50. The predicted octanol–water partition coefficient (Wildman–Crippen LogP) is 0.499. The van der Waals surface area contributed by atoms with Crippen molar-refractivity contribution in [2.75, 3.05) is 24.2 Å². The fourth-order valence-electron chi connectivity index (χ4n) is 1.36. The monoisotopic (exact) mass is 193 g/mol. The number of carbonyl (C=O) groups is 1. The first-order valence-corrected chi connectivity index (χ1v) is 4.36. The molecule has 4 heteroatoms. The Morgan fingerprint density at radius 2 is 2.14 bits per heavy atom. The topological polar surface area (TPSA) is 72.3 Å². The maximum atomic E-state index is 10.7. The average Bonchev–Trinajstić information content (AvgIpc) is 2.08. The Kier molecular flexibility index (Phi) is 2.96. The molecular weight excluding hydrogens is 178 g/mol. The number of primary amides is 1. The molecule has 1 rings (SSSR count). The molecule has 4 N–H and O–H groups in total. The number of nitrogens with two attached hydrogens (primary N) is 2. The fourth-order valence-corrected chi connectivity index (χ4v) is 1.36. The lowest BCUT2D eigenvalue weighted by atomic mass is 10.1. The van der Waals surface area contributed by atoms with Crippen LogP contribution in [0, 0.1) is 6.92 Å². The number of amides is 1. The van der Waals surface area contributed by atoms with Gasteiger partial charge in [-0.3, -0.25) is 4.79 Å². The van der Waals surface area contributed by atoms with Crippen molar-refractivity contribution < 1.29 is 4.79 Å². The van der Waals surface area contributed by atoms with Gasteiger partial charge in [0, 0.05) is 18.4 Å². The van der Waals surface area contributed by atoms with Crippen molar-refractivity contribution in [2.24, 2.45) is 5.73 Å². The van der Waals surface area contributed by atoms with Crippen LogP contribution in [0.5, 0.6) is 0 Å². The highest BCUT2D eigenvalue weighted by Gasteiger charge is 2.06. The highest BCUT2D eigenvalue weighted by atomic mass is 16.1. The molecule has 14 heavy (non-hydrogen) atoms. The zero-order valence-electron chi connectivity index (χ0n) is 8.45. The van der Waals surface area contributed by atoms with Gasteiger partial charge < -0.3 is 16.4 Å². The third kappa shape index (κ3) is 2.39. The lowest BCUT2D eigenvalue weighted by molar-refractivity contribution is -0.116. The molecule has 0 atom stereocenters. The van der Waals surface area contributed by atoms with E-state index in [1.165, 1.54) is 0 Å². The third-order valence-corrected chi connectivity index (χ3v) is 2.04. The molecule has 0 aliphatic rings. The number of nitrogen functional groups attached to an aromatic ring is 1. The highest BCUT2D eigenvalue weighted by Crippen LogP contribution is 2.21. The first kappa shape index (κ1) is 10.4. The molecule has 0 heterocycles. The summed E-state index contributed by atoms with van der Waals surface area (Å²) in [6.07, 6.45) is 0. The van der Waals surface area contributed by atoms with Crippen molar-refractivity contribution in [3.05, 3.63) is 23.8 Å². The number of carbonyl (C=O) groups excluding carboxylic acids is 1. The number of benzene rings is 1. The minimum Gasteiger partial charge on any atom is -0.399 e. The van der Waals surface area contributed by atoms with Gasteiger partial charge in [-0.25, -0.2) is 0 Å². The minimum atomic E-state index is -0.352. The van der Waals surface area contributed by atoms with Crippen LogP contribution in [0.15, 0.2) is 18.2 Å². The quantitative estimate of drug-likeness (QED) is 0.686. The number of rotatable bonds is 3. The SMILES string of the molecule is Cc1ccc(N)cc1N(C)CC(N)=O. The smallest absolute Gasteiger partial charge is 0.236 e. The third-order valence-electron chi connectivity index (χ3n) is 2.04. The summed E-state index contributed by atoms with van der Waals surface area (Å²) in [6.45, 7) is 2.16. The highest BCUT2D eigenvalue weighted by molar-refractivity contribution is 5.80. The zero-order chi connectivity index (χ0) is 10.7. The molecule has 0 saturated carbocycles. The van der Waals surface area contributed by atoms with E-state index in [1.54, 1.807) is 4.90 Å². The Morgan fingerprint density at radius 1 is 1.50 bits per heavy atom. The van der Waals surface area contributed by atoms with Gasteiger partial charge in [-0.05, 0) is 24.6 Å². The van der Waals surface area contributed by atoms with Crippen LogP contribution < -0.4 is 16.4 Å². The normalized spacial score (nSPS) is 9.86. The van der Waals surface area contributed by atoms with E-state index in [4.69, 9.17) is 11.5 Å². The van der Waals surface area contributed by atoms with E-state index in [0.29, 0.717) is 5.69 Å². The van der Waals surface area contributed by atoms with Crippen LogP contribution in [0.4, 0.5) is 11.4 Å². The number of hydrogen-bond acceptors (Lipinski definition) is 3. The molecule has 76 valence electrons. The molecule has 0 bridgehead atoms. The number of likely N-dealkylation sites (N-methyl/N-ethyl adjacent to an activating group) is 1. The van der Waals surface area contributed by atoms with Crippen LogP contribution in [-0.4, -0.2) is 19.5 Å². The Morgan fingerprint density at radius 3 is 2.71 bits per heavy atom. The van der Waals surface area contributed by atoms with E-state index in [9.17, 15) is 4.79 Å². The molecule has 4 nitrogen and oxygen atoms in total. The van der Waals surface area contributed by atoms with E-state index in [1.807, 2.05) is 32.2 Å². The molecule has 0 aliphatic heterocycles. The summed E-state index contributed by atoms with van der Waals surface area (Å²) < 4.78 is 0. The molecule has 0 spiro atoms. The Balaban J connectivity index is 2.93. The van der Waals surface area contributed by atoms with E-state index >= 15 is 0 Å². The van der Waals surface area contributed by atoms with Crippen molar-refractivity contribution in [1.29, 1.82) is 0 Å². The van der Waals surface area contributed by atoms with Gasteiger partial charge in [-0.1, -0.05) is 6.07 Å². The second-order valence-corrected chi connectivity index (χ2v) is 3.37. The van der Waals surface area contributed by atoms with Gasteiger partial charge in [0.2, 0.25) is 5.91 Å². The van der Waals surface area contributed by atoms with Gasteiger partial charge >= 0.3 is 0 Å². The van der Waals surface area contributed by atoms with Crippen LogP contribution in [-0.2, 0) is 4.79 Å². The number of anilines is 2. The van der Waals surface area contributed by atoms with E-state index in [-0.39, 0.29) is 12.5 Å². The van der Waals surface area contributed by atoms with E-state index < -0.39 is 0 Å². The summed E-state index contributed by atoms with van der Waals surface area (Å²) >= 11 is 0. The number of aryl methyl sites for hydroxylation is 1. The Labute approximate surface area is 83.5 Å². The largest absolute Gasteiger partial charge is 0.399 e. The maximum Gasteiger partial charge on any atom is 0.236 e. The van der Waals surface area contributed by atoms with Crippen molar-refractivity contribution in [1.82, 2.24) is 0 Å². The predicted molar refractivity (Wildman–Crippen MR) is 58.1 cm³/mol. The Hall–Kier alpha value is -1.71. The molecule has 0 unspecified atom stereocenters. The van der Waals surface area contributed by atoms with Crippen LogP contribution in [0.3, 0.4) is 0 Å². The molecule has 1 aromatic carbocycles. The maximum absolute atomic E-state index is 10.7. The molecule has 0 radical (unpaired) electrons. The lowest BCUT2D eigenvalue weighted by Gasteiger charge is -2.19. The van der Waals surface area contributed by atoms with Crippen molar-refractivity contribution in [3.8, 4) is 0 Å².